The molecule has 0 bridgehead atoms. The van der Waals surface area contributed by atoms with Crippen molar-refractivity contribution in [1.82, 2.24) is 5.32 Å². The van der Waals surface area contributed by atoms with E-state index in [0.717, 1.165) is 0 Å². The number of nitro benzene ring substituents is 1. The van der Waals surface area contributed by atoms with Crippen LogP contribution in [0.15, 0.2) is 24.3 Å². The number of non-ortho nitro benzene ring substituents is 1. The zero-order valence-corrected chi connectivity index (χ0v) is 10.3. The van der Waals surface area contributed by atoms with Gasteiger partial charge in [-0.15, -0.1) is 0 Å². The molecule has 0 fully saturated rings. The van der Waals surface area contributed by atoms with E-state index in [2.05, 4.69) is 5.32 Å². The summed E-state index contributed by atoms with van der Waals surface area (Å²) in [6.07, 6.45) is 0.401. The summed E-state index contributed by atoms with van der Waals surface area (Å²) in [5, 5.41) is 21.5. The maximum absolute atomic E-state index is 11.4. The smallest absolute Gasteiger partial charge is 0.325 e. The average molecular weight is 266 g/mol. The Hall–Kier alpha value is -2.44. The molecule has 1 amide bonds. The monoisotopic (exact) mass is 266 g/mol. The van der Waals surface area contributed by atoms with Gasteiger partial charge in [-0.1, -0.05) is 12.1 Å². The van der Waals surface area contributed by atoms with Gasteiger partial charge in [-0.2, -0.15) is 0 Å². The van der Waals surface area contributed by atoms with Crippen molar-refractivity contribution in [2.75, 3.05) is 0 Å². The van der Waals surface area contributed by atoms with Crippen LogP contribution in [0, 0.1) is 10.1 Å². The summed E-state index contributed by atoms with van der Waals surface area (Å²) in [6.45, 7) is 1.37. The summed E-state index contributed by atoms with van der Waals surface area (Å²) < 4.78 is 0. The van der Waals surface area contributed by atoms with Gasteiger partial charge in [0.15, 0.2) is 0 Å². The number of carboxylic acids is 1. The van der Waals surface area contributed by atoms with Crippen molar-refractivity contribution in [3.8, 4) is 0 Å². The van der Waals surface area contributed by atoms with Crippen molar-refractivity contribution >= 4 is 17.6 Å². The Kier molecular flexibility index (Phi) is 4.99. The number of carboxylic acid groups (broad SMARTS) is 1. The molecule has 1 aromatic rings. The highest BCUT2D eigenvalue weighted by atomic mass is 16.6. The lowest BCUT2D eigenvalue weighted by atomic mass is 10.1. The first-order valence-corrected chi connectivity index (χ1v) is 5.65. The van der Waals surface area contributed by atoms with Gasteiger partial charge in [0.25, 0.3) is 5.69 Å². The Balaban J connectivity index is 2.53. The molecule has 19 heavy (non-hydrogen) atoms. The van der Waals surface area contributed by atoms with Gasteiger partial charge < -0.3 is 10.4 Å². The number of rotatable bonds is 6. The average Bonchev–Trinajstić information content (AvgIpc) is 2.36. The Bertz CT molecular complexity index is 501. The molecule has 0 aromatic heterocycles. The molecule has 7 nitrogen and oxygen atoms in total. The van der Waals surface area contributed by atoms with Gasteiger partial charge in [-0.05, 0) is 18.9 Å². The van der Waals surface area contributed by atoms with E-state index >= 15 is 0 Å². The minimum absolute atomic E-state index is 0.0307. The first-order valence-electron chi connectivity index (χ1n) is 5.65. The number of hydrogen-bond acceptors (Lipinski definition) is 4. The van der Waals surface area contributed by atoms with Crippen LogP contribution in [0.25, 0.3) is 0 Å². The third-order valence-electron chi connectivity index (χ3n) is 2.51. The van der Waals surface area contributed by atoms with Crippen molar-refractivity contribution < 1.29 is 19.6 Å². The highest BCUT2D eigenvalue weighted by Crippen LogP contribution is 2.14. The summed E-state index contributed by atoms with van der Waals surface area (Å²) in [7, 11) is 0. The third kappa shape index (κ3) is 4.74. The molecule has 0 saturated carbocycles. The van der Waals surface area contributed by atoms with Crippen LogP contribution >= 0.6 is 0 Å². The Morgan fingerprint density at radius 3 is 2.74 bits per heavy atom. The number of nitrogens with zero attached hydrogens (tertiary/aromatic N) is 1. The standard InChI is InChI=1S/C12H14N2O5/c1-8(12(16)17)13-11(15)6-5-9-3-2-4-10(7-9)14(18)19/h2-4,7-8H,5-6H2,1H3,(H,13,15)(H,16,17). The van der Waals surface area contributed by atoms with E-state index < -0.39 is 22.8 Å². The fraction of sp³-hybridized carbons (Fsp3) is 0.333. The number of aryl methyl sites for hydroxylation is 1. The van der Waals surface area contributed by atoms with Gasteiger partial charge in [0.1, 0.15) is 6.04 Å². The molecular formula is C12H14N2O5. The summed E-state index contributed by atoms with van der Waals surface area (Å²) >= 11 is 0. The Morgan fingerprint density at radius 2 is 2.16 bits per heavy atom. The maximum Gasteiger partial charge on any atom is 0.325 e. The van der Waals surface area contributed by atoms with Crippen LogP contribution in [0.4, 0.5) is 5.69 Å². The van der Waals surface area contributed by atoms with Crippen molar-refractivity contribution in [3.63, 3.8) is 0 Å². The Labute approximate surface area is 109 Å². The SMILES string of the molecule is CC(NC(=O)CCc1cccc([N+](=O)[O-])c1)C(=O)O. The molecule has 0 spiro atoms. The van der Waals surface area contributed by atoms with Gasteiger partial charge in [0.05, 0.1) is 4.92 Å². The van der Waals surface area contributed by atoms with Gasteiger partial charge in [-0.25, -0.2) is 0 Å². The Morgan fingerprint density at radius 1 is 1.47 bits per heavy atom. The first-order chi connectivity index (χ1) is 8.90. The molecule has 0 aliphatic carbocycles. The second kappa shape index (κ2) is 6.48. The zero-order chi connectivity index (χ0) is 14.4. The lowest BCUT2D eigenvalue weighted by molar-refractivity contribution is -0.384. The quantitative estimate of drug-likeness (QED) is 0.592. The number of nitrogens with one attached hydrogen (secondary N) is 1. The van der Waals surface area contributed by atoms with Crippen molar-refractivity contribution in [2.45, 2.75) is 25.8 Å². The number of carbonyl (C=O) groups excluding carboxylic acids is 1. The fourth-order valence-corrected chi connectivity index (χ4v) is 1.46. The first kappa shape index (κ1) is 14.6. The molecule has 0 radical (unpaired) electrons. The minimum Gasteiger partial charge on any atom is -0.480 e. The largest absolute Gasteiger partial charge is 0.480 e. The molecule has 1 rings (SSSR count). The van der Waals surface area contributed by atoms with Crippen LogP contribution in [0.5, 0.6) is 0 Å². The summed E-state index contributed by atoms with van der Waals surface area (Å²) in [5.41, 5.74) is 0.629. The molecule has 7 heteroatoms. The number of hydrogen-bond donors (Lipinski definition) is 2. The van der Waals surface area contributed by atoms with E-state index in [-0.39, 0.29) is 12.1 Å². The predicted octanol–water partition coefficient (Wildman–Crippen LogP) is 1.12. The maximum atomic E-state index is 11.4. The number of carbonyl (C=O) groups is 2. The number of benzene rings is 1. The molecule has 0 aliphatic heterocycles. The van der Waals surface area contributed by atoms with E-state index in [4.69, 9.17) is 5.11 Å². The summed E-state index contributed by atoms with van der Waals surface area (Å²) in [5.74, 6) is -1.51. The summed E-state index contributed by atoms with van der Waals surface area (Å²) in [4.78, 5) is 32.0. The number of nitro groups is 1. The second-order valence-electron chi connectivity index (χ2n) is 4.05. The van der Waals surface area contributed by atoms with E-state index in [9.17, 15) is 19.7 Å². The minimum atomic E-state index is -1.11. The molecule has 0 heterocycles. The van der Waals surface area contributed by atoms with Crippen molar-refractivity contribution in [3.05, 3.63) is 39.9 Å². The van der Waals surface area contributed by atoms with E-state index in [1.165, 1.54) is 19.1 Å². The molecule has 0 aliphatic rings. The normalized spacial score (nSPS) is 11.6. The van der Waals surface area contributed by atoms with E-state index in [1.807, 2.05) is 0 Å². The van der Waals surface area contributed by atoms with Crippen molar-refractivity contribution in [1.29, 1.82) is 0 Å². The molecule has 1 atom stereocenters. The van der Waals surface area contributed by atoms with Crippen LogP contribution in [0.1, 0.15) is 18.9 Å². The highest BCUT2D eigenvalue weighted by molar-refractivity contribution is 5.83. The second-order valence-corrected chi connectivity index (χ2v) is 4.05. The van der Waals surface area contributed by atoms with Gasteiger partial charge >= 0.3 is 5.97 Å². The van der Waals surface area contributed by atoms with Crippen LogP contribution in [-0.4, -0.2) is 27.9 Å². The zero-order valence-electron chi connectivity index (χ0n) is 10.3. The highest BCUT2D eigenvalue weighted by Gasteiger charge is 2.14. The molecule has 102 valence electrons. The molecule has 1 unspecified atom stereocenters. The van der Waals surface area contributed by atoms with Crippen LogP contribution in [-0.2, 0) is 16.0 Å². The van der Waals surface area contributed by atoms with Gasteiger partial charge in [0.2, 0.25) is 5.91 Å². The molecule has 2 N–H and O–H groups in total. The number of aliphatic carboxylic acids is 1. The van der Waals surface area contributed by atoms with E-state index in [1.54, 1.807) is 12.1 Å². The van der Waals surface area contributed by atoms with Crippen molar-refractivity contribution in [2.24, 2.45) is 0 Å². The fourth-order valence-electron chi connectivity index (χ4n) is 1.46. The van der Waals surface area contributed by atoms with Gasteiger partial charge in [0, 0.05) is 18.6 Å². The molecule has 1 aromatic carbocycles. The topological polar surface area (TPSA) is 110 Å². The third-order valence-corrected chi connectivity index (χ3v) is 2.51. The molecular weight excluding hydrogens is 252 g/mol. The number of amides is 1. The lowest BCUT2D eigenvalue weighted by Crippen LogP contribution is -2.38. The summed E-state index contributed by atoms with van der Waals surface area (Å²) in [6, 6.07) is 5.05. The predicted molar refractivity (Wildman–Crippen MR) is 66.7 cm³/mol. The van der Waals surface area contributed by atoms with Gasteiger partial charge in [-0.3, -0.25) is 19.7 Å². The van der Waals surface area contributed by atoms with Crippen LogP contribution < -0.4 is 5.32 Å². The van der Waals surface area contributed by atoms with Crippen LogP contribution in [0.3, 0.4) is 0 Å². The van der Waals surface area contributed by atoms with E-state index in [0.29, 0.717) is 12.0 Å². The lowest BCUT2D eigenvalue weighted by Gasteiger charge is -2.08. The van der Waals surface area contributed by atoms with Crippen LogP contribution in [0.2, 0.25) is 0 Å². The molecule has 0 saturated heterocycles.